The Balaban J connectivity index is 2.10. The molecule has 0 aliphatic carbocycles. The van der Waals surface area contributed by atoms with Gasteiger partial charge in [-0.2, -0.15) is 11.3 Å². The molecule has 20 heavy (non-hydrogen) atoms. The van der Waals surface area contributed by atoms with Crippen LogP contribution in [0.2, 0.25) is 0 Å². The van der Waals surface area contributed by atoms with E-state index in [0.29, 0.717) is 6.04 Å². The van der Waals surface area contributed by atoms with Crippen LogP contribution in [0.25, 0.3) is 0 Å². The van der Waals surface area contributed by atoms with E-state index < -0.39 is 0 Å². The smallest absolute Gasteiger partial charge is 0.0148 e. The minimum atomic E-state index is 0.532. The molecule has 0 amide bonds. The Morgan fingerprint density at radius 3 is 2.45 bits per heavy atom. The largest absolute Gasteiger partial charge is 0.313 e. The van der Waals surface area contributed by atoms with E-state index in [0.717, 1.165) is 19.4 Å². The summed E-state index contributed by atoms with van der Waals surface area (Å²) in [4.78, 5) is 0. The molecule has 1 aromatic carbocycles. The van der Waals surface area contributed by atoms with Gasteiger partial charge in [-0.25, -0.2) is 0 Å². The van der Waals surface area contributed by atoms with Gasteiger partial charge in [0.1, 0.15) is 0 Å². The number of thiophene rings is 1. The summed E-state index contributed by atoms with van der Waals surface area (Å²) in [6.07, 6.45) is 3.43. The standard InChI is InChI=1S/C18H25NS/c1-4-9-19-17(11-16-8-10-20-13-16)12-18-14(2)6-5-7-15(18)3/h5-8,10,13,17,19H,4,9,11-12H2,1-3H3. The van der Waals surface area contributed by atoms with Crippen LogP contribution in [0.5, 0.6) is 0 Å². The second kappa shape index (κ2) is 7.61. The first-order valence-electron chi connectivity index (χ1n) is 7.50. The summed E-state index contributed by atoms with van der Waals surface area (Å²) in [5.74, 6) is 0. The number of aryl methyl sites for hydroxylation is 2. The highest BCUT2D eigenvalue weighted by molar-refractivity contribution is 7.07. The van der Waals surface area contributed by atoms with Gasteiger partial charge in [0.2, 0.25) is 0 Å². The Hall–Kier alpha value is -1.12. The van der Waals surface area contributed by atoms with E-state index in [4.69, 9.17) is 0 Å². The molecule has 0 spiro atoms. The van der Waals surface area contributed by atoms with Gasteiger partial charge in [0.05, 0.1) is 0 Å². The second-order valence-electron chi connectivity index (χ2n) is 5.56. The van der Waals surface area contributed by atoms with Gasteiger partial charge in [0.15, 0.2) is 0 Å². The third-order valence-electron chi connectivity index (χ3n) is 3.84. The molecular formula is C18H25NS. The highest BCUT2D eigenvalue weighted by atomic mass is 32.1. The number of rotatable bonds is 7. The molecule has 2 aromatic rings. The molecule has 0 bridgehead atoms. The van der Waals surface area contributed by atoms with Gasteiger partial charge in [-0.1, -0.05) is 25.1 Å². The number of hydrogen-bond acceptors (Lipinski definition) is 2. The Kier molecular flexibility index (Phi) is 5.81. The normalized spacial score (nSPS) is 12.6. The third kappa shape index (κ3) is 4.19. The highest BCUT2D eigenvalue weighted by Crippen LogP contribution is 2.18. The zero-order valence-corrected chi connectivity index (χ0v) is 13.6. The maximum atomic E-state index is 3.72. The van der Waals surface area contributed by atoms with Crippen LogP contribution in [0.4, 0.5) is 0 Å². The van der Waals surface area contributed by atoms with E-state index in [1.165, 1.54) is 28.7 Å². The second-order valence-corrected chi connectivity index (χ2v) is 6.34. The van der Waals surface area contributed by atoms with Gasteiger partial charge >= 0.3 is 0 Å². The molecule has 0 aliphatic rings. The molecule has 1 unspecified atom stereocenters. The summed E-state index contributed by atoms with van der Waals surface area (Å²) in [6.45, 7) is 7.78. The van der Waals surface area contributed by atoms with E-state index in [1.807, 2.05) is 0 Å². The summed E-state index contributed by atoms with van der Waals surface area (Å²) >= 11 is 1.79. The van der Waals surface area contributed by atoms with Crippen LogP contribution in [0.15, 0.2) is 35.0 Å². The van der Waals surface area contributed by atoms with E-state index in [2.05, 4.69) is 61.1 Å². The van der Waals surface area contributed by atoms with Crippen molar-refractivity contribution in [2.24, 2.45) is 0 Å². The lowest BCUT2D eigenvalue weighted by molar-refractivity contribution is 0.503. The molecule has 1 aromatic heterocycles. The fourth-order valence-corrected chi connectivity index (χ4v) is 3.36. The SMILES string of the molecule is CCCNC(Cc1ccsc1)Cc1c(C)cccc1C. The van der Waals surface area contributed by atoms with Crippen LogP contribution in [0.1, 0.15) is 35.6 Å². The topological polar surface area (TPSA) is 12.0 Å². The van der Waals surface area contributed by atoms with E-state index in [-0.39, 0.29) is 0 Å². The van der Waals surface area contributed by atoms with Gasteiger partial charge in [-0.15, -0.1) is 0 Å². The summed E-state index contributed by atoms with van der Waals surface area (Å²) in [5, 5.41) is 8.16. The van der Waals surface area contributed by atoms with Gasteiger partial charge in [0, 0.05) is 6.04 Å². The van der Waals surface area contributed by atoms with Gasteiger partial charge in [-0.3, -0.25) is 0 Å². The van der Waals surface area contributed by atoms with Crippen LogP contribution >= 0.6 is 11.3 Å². The van der Waals surface area contributed by atoms with Crippen molar-refractivity contribution in [3.63, 3.8) is 0 Å². The number of benzene rings is 1. The molecule has 0 radical (unpaired) electrons. The first-order valence-corrected chi connectivity index (χ1v) is 8.44. The van der Waals surface area contributed by atoms with E-state index >= 15 is 0 Å². The highest BCUT2D eigenvalue weighted by Gasteiger charge is 2.13. The van der Waals surface area contributed by atoms with Crippen molar-refractivity contribution < 1.29 is 0 Å². The van der Waals surface area contributed by atoms with Crippen LogP contribution < -0.4 is 5.32 Å². The zero-order chi connectivity index (χ0) is 14.4. The lowest BCUT2D eigenvalue weighted by Gasteiger charge is -2.20. The zero-order valence-electron chi connectivity index (χ0n) is 12.8. The Labute approximate surface area is 127 Å². The van der Waals surface area contributed by atoms with Gasteiger partial charge in [0.25, 0.3) is 0 Å². The minimum Gasteiger partial charge on any atom is -0.313 e. The molecule has 1 nitrogen and oxygen atoms in total. The van der Waals surface area contributed by atoms with Crippen LogP contribution in [-0.2, 0) is 12.8 Å². The van der Waals surface area contributed by atoms with Crippen molar-refractivity contribution in [1.29, 1.82) is 0 Å². The first kappa shape index (κ1) is 15.3. The first-order chi connectivity index (χ1) is 9.70. The monoisotopic (exact) mass is 287 g/mol. The summed E-state index contributed by atoms with van der Waals surface area (Å²) in [5.41, 5.74) is 5.79. The van der Waals surface area contributed by atoms with Crippen molar-refractivity contribution in [2.75, 3.05) is 6.54 Å². The molecule has 0 aliphatic heterocycles. The average Bonchev–Trinajstić information content (AvgIpc) is 2.93. The Morgan fingerprint density at radius 2 is 1.85 bits per heavy atom. The van der Waals surface area contributed by atoms with Crippen LogP contribution in [-0.4, -0.2) is 12.6 Å². The van der Waals surface area contributed by atoms with Crippen molar-refractivity contribution in [3.05, 3.63) is 57.3 Å². The van der Waals surface area contributed by atoms with Crippen molar-refractivity contribution in [1.82, 2.24) is 5.32 Å². The predicted molar refractivity (Wildman–Crippen MR) is 89.7 cm³/mol. The maximum Gasteiger partial charge on any atom is 0.0148 e. The molecule has 2 rings (SSSR count). The molecule has 108 valence electrons. The molecule has 1 atom stereocenters. The third-order valence-corrected chi connectivity index (χ3v) is 4.57. The Morgan fingerprint density at radius 1 is 1.10 bits per heavy atom. The summed E-state index contributed by atoms with van der Waals surface area (Å²) < 4.78 is 0. The Bertz CT molecular complexity index is 496. The summed E-state index contributed by atoms with van der Waals surface area (Å²) in [6, 6.07) is 9.38. The molecule has 1 N–H and O–H groups in total. The minimum absolute atomic E-state index is 0.532. The van der Waals surface area contributed by atoms with Crippen molar-refractivity contribution in [3.8, 4) is 0 Å². The molecule has 1 heterocycles. The van der Waals surface area contributed by atoms with Gasteiger partial charge < -0.3 is 5.32 Å². The van der Waals surface area contributed by atoms with Gasteiger partial charge in [-0.05, 0) is 78.7 Å². The van der Waals surface area contributed by atoms with Crippen LogP contribution in [0, 0.1) is 13.8 Å². The predicted octanol–water partition coefficient (Wildman–Crippen LogP) is 4.52. The molecular weight excluding hydrogens is 262 g/mol. The quantitative estimate of drug-likeness (QED) is 0.789. The number of nitrogens with one attached hydrogen (secondary N) is 1. The van der Waals surface area contributed by atoms with E-state index in [1.54, 1.807) is 11.3 Å². The van der Waals surface area contributed by atoms with Crippen molar-refractivity contribution in [2.45, 2.75) is 46.1 Å². The lowest BCUT2D eigenvalue weighted by Crippen LogP contribution is -2.34. The fourth-order valence-electron chi connectivity index (χ4n) is 2.68. The molecule has 2 heteroatoms. The molecule has 0 fully saturated rings. The molecule has 0 saturated heterocycles. The lowest BCUT2D eigenvalue weighted by atomic mass is 9.94. The summed E-state index contributed by atoms with van der Waals surface area (Å²) in [7, 11) is 0. The maximum absolute atomic E-state index is 3.72. The molecule has 0 saturated carbocycles. The van der Waals surface area contributed by atoms with Crippen LogP contribution in [0.3, 0.4) is 0 Å². The van der Waals surface area contributed by atoms with E-state index in [9.17, 15) is 0 Å². The number of hydrogen-bond donors (Lipinski definition) is 1. The van der Waals surface area contributed by atoms with Crippen molar-refractivity contribution >= 4 is 11.3 Å². The average molecular weight is 287 g/mol. The fraction of sp³-hybridized carbons (Fsp3) is 0.444.